The Balaban J connectivity index is 1.70. The van der Waals surface area contributed by atoms with Crippen LogP contribution in [0.2, 0.25) is 0 Å². The predicted octanol–water partition coefficient (Wildman–Crippen LogP) is 2.82. The van der Waals surface area contributed by atoms with Crippen LogP contribution in [0.15, 0.2) is 24.3 Å². The number of ether oxygens (including phenoxy) is 1. The van der Waals surface area contributed by atoms with Gasteiger partial charge in [-0.15, -0.1) is 0 Å². The fourth-order valence-corrected chi connectivity index (χ4v) is 3.27. The highest BCUT2D eigenvalue weighted by Crippen LogP contribution is 2.29. The van der Waals surface area contributed by atoms with Crippen LogP contribution in [-0.2, 0) is 4.74 Å². The zero-order valence-electron chi connectivity index (χ0n) is 12.8. The largest absolute Gasteiger partial charge is 0.381 e. The number of nitrogens with one attached hydrogen (secondary N) is 1. The minimum Gasteiger partial charge on any atom is -0.381 e. The number of benzene rings is 1. The van der Waals surface area contributed by atoms with Crippen molar-refractivity contribution >= 4 is 22.7 Å². The number of hydrogen-bond acceptors (Lipinski definition) is 5. The third kappa shape index (κ3) is 2.73. The summed E-state index contributed by atoms with van der Waals surface area (Å²) in [5.41, 5.74) is 1.93. The van der Waals surface area contributed by atoms with Gasteiger partial charge in [0.1, 0.15) is 0 Å². The predicted molar refractivity (Wildman–Crippen MR) is 88.4 cm³/mol. The Labute approximate surface area is 130 Å². The topological polar surface area (TPSA) is 50.3 Å². The van der Waals surface area contributed by atoms with E-state index in [0.717, 1.165) is 61.8 Å². The van der Waals surface area contributed by atoms with E-state index < -0.39 is 0 Å². The van der Waals surface area contributed by atoms with E-state index >= 15 is 0 Å². The lowest BCUT2D eigenvalue weighted by atomic mass is 10.1. The monoisotopic (exact) mass is 298 g/mol. The number of aromatic nitrogens is 2. The van der Waals surface area contributed by atoms with Gasteiger partial charge in [0, 0.05) is 32.3 Å². The van der Waals surface area contributed by atoms with Crippen molar-refractivity contribution in [3.8, 4) is 0 Å². The maximum absolute atomic E-state index is 5.45. The molecule has 4 rings (SSSR count). The molecule has 0 saturated carbocycles. The van der Waals surface area contributed by atoms with Gasteiger partial charge in [0.15, 0.2) is 11.6 Å². The number of para-hydroxylation sites is 2. The summed E-state index contributed by atoms with van der Waals surface area (Å²) in [6, 6.07) is 8.55. The Morgan fingerprint density at radius 3 is 2.41 bits per heavy atom. The van der Waals surface area contributed by atoms with Crippen LogP contribution in [0.1, 0.15) is 25.7 Å². The highest BCUT2D eigenvalue weighted by Gasteiger charge is 2.22. The van der Waals surface area contributed by atoms with Gasteiger partial charge in [-0.25, -0.2) is 9.97 Å². The normalized spacial score (nSPS) is 19.7. The van der Waals surface area contributed by atoms with E-state index in [2.05, 4.69) is 10.2 Å². The summed E-state index contributed by atoms with van der Waals surface area (Å²) in [5.74, 6) is 1.95. The van der Waals surface area contributed by atoms with Gasteiger partial charge in [-0.2, -0.15) is 0 Å². The van der Waals surface area contributed by atoms with Crippen molar-refractivity contribution in [3.05, 3.63) is 24.3 Å². The average molecular weight is 298 g/mol. The summed E-state index contributed by atoms with van der Waals surface area (Å²) in [5, 5.41) is 3.62. The molecule has 1 aromatic heterocycles. The maximum Gasteiger partial charge on any atom is 0.172 e. The molecule has 2 aliphatic rings. The molecule has 0 aliphatic carbocycles. The Bertz CT molecular complexity index is 648. The minimum absolute atomic E-state index is 0.436. The van der Waals surface area contributed by atoms with Crippen LogP contribution in [0.25, 0.3) is 11.0 Å². The van der Waals surface area contributed by atoms with Crippen molar-refractivity contribution in [1.29, 1.82) is 0 Å². The van der Waals surface area contributed by atoms with E-state index in [1.807, 2.05) is 24.3 Å². The molecule has 1 N–H and O–H groups in total. The standard InChI is InChI=1S/C17H22N4O/c1-2-6-15-14(5-1)19-16(18-13-7-11-22-12-8-13)17(20-15)21-9-3-4-10-21/h1-2,5-6,13H,3-4,7-12H2,(H,18,19). The van der Waals surface area contributed by atoms with Crippen LogP contribution in [0.4, 0.5) is 11.6 Å². The number of hydrogen-bond donors (Lipinski definition) is 1. The number of anilines is 2. The number of rotatable bonds is 3. The zero-order chi connectivity index (χ0) is 14.8. The van der Waals surface area contributed by atoms with Crippen molar-refractivity contribution in [3.63, 3.8) is 0 Å². The smallest absolute Gasteiger partial charge is 0.172 e. The van der Waals surface area contributed by atoms with E-state index in [1.54, 1.807) is 0 Å². The molecule has 22 heavy (non-hydrogen) atoms. The Hall–Kier alpha value is -1.88. The zero-order valence-corrected chi connectivity index (χ0v) is 12.8. The minimum atomic E-state index is 0.436. The Morgan fingerprint density at radius 2 is 1.68 bits per heavy atom. The lowest BCUT2D eigenvalue weighted by Crippen LogP contribution is -2.30. The summed E-state index contributed by atoms with van der Waals surface area (Å²) >= 11 is 0. The van der Waals surface area contributed by atoms with Crippen LogP contribution >= 0.6 is 0 Å². The second-order valence-corrected chi connectivity index (χ2v) is 6.11. The van der Waals surface area contributed by atoms with E-state index in [9.17, 15) is 0 Å². The van der Waals surface area contributed by atoms with E-state index in [4.69, 9.17) is 14.7 Å². The molecular weight excluding hydrogens is 276 g/mol. The van der Waals surface area contributed by atoms with Crippen molar-refractivity contribution in [2.75, 3.05) is 36.5 Å². The molecule has 0 radical (unpaired) electrons. The lowest BCUT2D eigenvalue weighted by Gasteiger charge is -2.26. The van der Waals surface area contributed by atoms with Crippen LogP contribution in [-0.4, -0.2) is 42.3 Å². The SMILES string of the molecule is c1ccc2nc(N3CCCC3)c(NC3CCOCC3)nc2c1. The molecule has 0 unspecified atom stereocenters. The molecular formula is C17H22N4O. The fraction of sp³-hybridized carbons (Fsp3) is 0.529. The third-order valence-electron chi connectivity index (χ3n) is 4.52. The second-order valence-electron chi connectivity index (χ2n) is 6.11. The van der Waals surface area contributed by atoms with Gasteiger partial charge < -0.3 is 15.0 Å². The quantitative estimate of drug-likeness (QED) is 0.944. The molecule has 2 aromatic rings. The highest BCUT2D eigenvalue weighted by atomic mass is 16.5. The van der Waals surface area contributed by atoms with Crippen molar-refractivity contribution in [2.24, 2.45) is 0 Å². The molecule has 0 spiro atoms. The van der Waals surface area contributed by atoms with E-state index in [1.165, 1.54) is 12.8 Å². The summed E-state index contributed by atoms with van der Waals surface area (Å²) in [6.45, 7) is 3.82. The van der Waals surface area contributed by atoms with E-state index in [-0.39, 0.29) is 0 Å². The first-order valence-electron chi connectivity index (χ1n) is 8.26. The molecule has 5 nitrogen and oxygen atoms in total. The van der Waals surface area contributed by atoms with E-state index in [0.29, 0.717) is 6.04 Å². The highest BCUT2D eigenvalue weighted by molar-refractivity contribution is 5.80. The lowest BCUT2D eigenvalue weighted by molar-refractivity contribution is 0.0904. The second kappa shape index (κ2) is 6.08. The first-order chi connectivity index (χ1) is 10.9. The first kappa shape index (κ1) is 13.8. The molecule has 1 aromatic carbocycles. The van der Waals surface area contributed by atoms with Gasteiger partial charge in [0.05, 0.1) is 11.0 Å². The number of fused-ring (bicyclic) bond motifs is 1. The summed E-state index contributed by atoms with van der Waals surface area (Å²) < 4.78 is 5.45. The van der Waals surface area contributed by atoms with Crippen molar-refractivity contribution in [2.45, 2.75) is 31.7 Å². The molecule has 5 heteroatoms. The van der Waals surface area contributed by atoms with Gasteiger partial charge in [0.25, 0.3) is 0 Å². The Kier molecular flexibility index (Phi) is 3.81. The maximum atomic E-state index is 5.45. The molecule has 116 valence electrons. The molecule has 2 fully saturated rings. The third-order valence-corrected chi connectivity index (χ3v) is 4.52. The molecule has 2 saturated heterocycles. The fourth-order valence-electron chi connectivity index (χ4n) is 3.27. The summed E-state index contributed by atoms with van der Waals surface area (Å²) in [7, 11) is 0. The Morgan fingerprint density at radius 1 is 1.00 bits per heavy atom. The average Bonchev–Trinajstić information content (AvgIpc) is 3.09. The van der Waals surface area contributed by atoms with Gasteiger partial charge >= 0.3 is 0 Å². The van der Waals surface area contributed by atoms with Gasteiger partial charge in [-0.1, -0.05) is 12.1 Å². The molecule has 0 atom stereocenters. The van der Waals surface area contributed by atoms with Crippen molar-refractivity contribution in [1.82, 2.24) is 9.97 Å². The van der Waals surface area contributed by atoms with Crippen LogP contribution < -0.4 is 10.2 Å². The van der Waals surface area contributed by atoms with Gasteiger partial charge in [0.2, 0.25) is 0 Å². The number of nitrogens with zero attached hydrogens (tertiary/aromatic N) is 3. The van der Waals surface area contributed by atoms with Gasteiger partial charge in [-0.3, -0.25) is 0 Å². The molecule has 0 amide bonds. The van der Waals surface area contributed by atoms with Crippen LogP contribution in [0, 0.1) is 0 Å². The summed E-state index contributed by atoms with van der Waals surface area (Å²) in [4.78, 5) is 12.1. The van der Waals surface area contributed by atoms with Crippen LogP contribution in [0.5, 0.6) is 0 Å². The molecule has 2 aliphatic heterocycles. The summed E-state index contributed by atoms with van der Waals surface area (Å²) in [6.07, 6.45) is 4.55. The molecule has 3 heterocycles. The molecule has 0 bridgehead atoms. The first-order valence-corrected chi connectivity index (χ1v) is 8.26. The van der Waals surface area contributed by atoms with Gasteiger partial charge in [-0.05, 0) is 37.8 Å². The van der Waals surface area contributed by atoms with Crippen molar-refractivity contribution < 1.29 is 4.74 Å². The van der Waals surface area contributed by atoms with Crippen LogP contribution in [0.3, 0.4) is 0 Å².